The number of hydrogen-bond acceptors (Lipinski definition) is 5. The Hall–Kier alpha value is -4.86. The number of carboxylic acid groups (broad SMARTS) is 1. The topological polar surface area (TPSA) is 174 Å². The van der Waals surface area contributed by atoms with E-state index in [1.165, 1.54) is 0 Å². The normalized spacial score (nSPS) is 12.9. The second kappa shape index (κ2) is 14.3. The van der Waals surface area contributed by atoms with Crippen molar-refractivity contribution in [3.8, 4) is 11.1 Å². The summed E-state index contributed by atoms with van der Waals surface area (Å²) in [7, 11) is 0. The van der Waals surface area contributed by atoms with Gasteiger partial charge in [0.1, 0.15) is 18.7 Å². The number of amides is 4. The molecule has 3 aromatic rings. The number of carbonyl (C=O) groups excluding carboxylic acids is 3. The molecule has 4 rings (SSSR count). The van der Waals surface area contributed by atoms with E-state index >= 15 is 0 Å². The number of aliphatic carboxylic acids is 1. The van der Waals surface area contributed by atoms with Crippen molar-refractivity contribution < 1.29 is 29.0 Å². The minimum atomic E-state index is -1.11. The first-order valence-electron chi connectivity index (χ1n) is 12.9. The Labute approximate surface area is 232 Å². The number of benzene rings is 3. The highest BCUT2D eigenvalue weighted by Crippen LogP contribution is 2.44. The van der Waals surface area contributed by atoms with Crippen molar-refractivity contribution in [2.45, 2.75) is 44.2 Å². The van der Waals surface area contributed by atoms with Gasteiger partial charge in [0.15, 0.2) is 0 Å². The smallest absolute Gasteiger partial charge is 0.407 e. The number of carbonyl (C=O) groups is 4. The maximum absolute atomic E-state index is 13.0. The van der Waals surface area contributed by atoms with Crippen LogP contribution in [0.2, 0.25) is 0 Å². The van der Waals surface area contributed by atoms with Crippen LogP contribution in [0.1, 0.15) is 42.4 Å². The summed E-state index contributed by atoms with van der Waals surface area (Å²) < 4.78 is 5.61. The van der Waals surface area contributed by atoms with E-state index in [2.05, 4.69) is 34.2 Å². The van der Waals surface area contributed by atoms with Gasteiger partial charge in [-0.1, -0.05) is 92.2 Å². The van der Waals surface area contributed by atoms with E-state index < -0.39 is 36.1 Å². The number of hydrogen-bond donors (Lipinski definition) is 5. The van der Waals surface area contributed by atoms with Crippen molar-refractivity contribution in [1.29, 1.82) is 0 Å². The minimum Gasteiger partial charge on any atom is -0.480 e. The molecule has 0 bridgehead atoms. The molecule has 10 heteroatoms. The van der Waals surface area contributed by atoms with Crippen LogP contribution >= 0.6 is 0 Å². The lowest BCUT2D eigenvalue weighted by molar-refractivity contribution is -0.142. The van der Waals surface area contributed by atoms with E-state index in [9.17, 15) is 19.5 Å². The number of fused-ring (bicyclic) bond motifs is 3. The fraction of sp³-hybridized carbons (Fsp3) is 0.267. The third-order valence-electron chi connectivity index (χ3n) is 6.43. The molecule has 0 saturated heterocycles. The molecule has 40 heavy (non-hydrogen) atoms. The van der Waals surface area contributed by atoms with Gasteiger partial charge >= 0.3 is 18.1 Å². The van der Waals surface area contributed by atoms with Crippen LogP contribution < -0.4 is 22.1 Å². The van der Waals surface area contributed by atoms with Gasteiger partial charge in [0, 0.05) is 12.3 Å². The molecule has 0 heterocycles. The predicted octanol–water partition coefficient (Wildman–Crippen LogP) is 3.53. The zero-order valence-electron chi connectivity index (χ0n) is 22.2. The summed E-state index contributed by atoms with van der Waals surface area (Å²) in [6, 6.07) is 22.5. The Balaban J connectivity index is 0.00000103. The molecule has 1 aliphatic rings. The SMILES string of the molecule is CCCC(NC(=O)C(Cc1ccccc1)NC(=O)OCC1c2ccccc2-c2ccccc21)C(=O)O.NC(N)=O. The molecule has 0 spiro atoms. The van der Waals surface area contributed by atoms with E-state index in [0.29, 0.717) is 12.8 Å². The van der Waals surface area contributed by atoms with Crippen LogP contribution in [-0.4, -0.2) is 47.8 Å². The van der Waals surface area contributed by atoms with Crippen molar-refractivity contribution >= 4 is 24.0 Å². The van der Waals surface area contributed by atoms with E-state index in [0.717, 1.165) is 27.8 Å². The largest absolute Gasteiger partial charge is 0.480 e. The lowest BCUT2D eigenvalue weighted by Crippen LogP contribution is -2.52. The fourth-order valence-corrected chi connectivity index (χ4v) is 4.66. The zero-order valence-corrected chi connectivity index (χ0v) is 22.2. The molecule has 3 aromatic carbocycles. The summed E-state index contributed by atoms with van der Waals surface area (Å²) in [4.78, 5) is 46.4. The Morgan fingerprint density at radius 3 is 1.88 bits per heavy atom. The van der Waals surface area contributed by atoms with Crippen molar-refractivity contribution in [2.24, 2.45) is 11.5 Å². The highest BCUT2D eigenvalue weighted by molar-refractivity contribution is 5.89. The summed E-state index contributed by atoms with van der Waals surface area (Å²) in [6.45, 7) is 1.96. The molecule has 4 amide bonds. The molecule has 210 valence electrons. The molecule has 0 fully saturated rings. The maximum atomic E-state index is 13.0. The van der Waals surface area contributed by atoms with Gasteiger partial charge in [0.2, 0.25) is 5.91 Å². The Kier molecular flexibility index (Phi) is 10.6. The first kappa shape index (κ1) is 29.7. The van der Waals surface area contributed by atoms with Gasteiger partial charge in [-0.15, -0.1) is 0 Å². The number of carboxylic acids is 1. The van der Waals surface area contributed by atoms with Gasteiger partial charge in [-0.2, -0.15) is 0 Å². The molecule has 2 unspecified atom stereocenters. The van der Waals surface area contributed by atoms with Crippen molar-refractivity contribution in [3.05, 3.63) is 95.6 Å². The molecule has 0 aromatic heterocycles. The van der Waals surface area contributed by atoms with Crippen LogP contribution in [-0.2, 0) is 20.7 Å². The van der Waals surface area contributed by atoms with Crippen LogP contribution in [0, 0.1) is 0 Å². The number of alkyl carbamates (subject to hydrolysis) is 1. The lowest BCUT2D eigenvalue weighted by atomic mass is 9.98. The summed E-state index contributed by atoms with van der Waals surface area (Å²) >= 11 is 0. The second-order valence-electron chi connectivity index (χ2n) is 9.30. The van der Waals surface area contributed by atoms with Crippen molar-refractivity contribution in [3.63, 3.8) is 0 Å². The van der Waals surface area contributed by atoms with Gasteiger partial charge in [-0.25, -0.2) is 14.4 Å². The number of nitrogens with two attached hydrogens (primary N) is 2. The number of urea groups is 1. The van der Waals surface area contributed by atoms with E-state index in [4.69, 9.17) is 9.53 Å². The maximum Gasteiger partial charge on any atom is 0.407 e. The molecule has 1 aliphatic carbocycles. The molecule has 7 N–H and O–H groups in total. The van der Waals surface area contributed by atoms with Gasteiger partial charge in [0.25, 0.3) is 0 Å². The summed E-state index contributed by atoms with van der Waals surface area (Å²) in [5.41, 5.74) is 13.8. The highest BCUT2D eigenvalue weighted by Gasteiger charge is 2.30. The van der Waals surface area contributed by atoms with Crippen LogP contribution in [0.5, 0.6) is 0 Å². The Morgan fingerprint density at radius 1 is 0.825 bits per heavy atom. The zero-order chi connectivity index (χ0) is 29.1. The predicted molar refractivity (Wildman–Crippen MR) is 150 cm³/mol. The van der Waals surface area contributed by atoms with E-state index in [-0.39, 0.29) is 18.9 Å². The molecule has 0 radical (unpaired) electrons. The first-order chi connectivity index (χ1) is 19.2. The van der Waals surface area contributed by atoms with Crippen LogP contribution in [0.4, 0.5) is 9.59 Å². The monoisotopic (exact) mass is 546 g/mol. The van der Waals surface area contributed by atoms with Gasteiger partial charge in [-0.05, 0) is 34.2 Å². The molecular formula is C30H34N4O6. The van der Waals surface area contributed by atoms with Crippen LogP contribution in [0.25, 0.3) is 11.1 Å². The molecule has 10 nitrogen and oxygen atoms in total. The summed E-state index contributed by atoms with van der Waals surface area (Å²) in [5, 5.41) is 14.7. The first-order valence-corrected chi connectivity index (χ1v) is 12.9. The van der Waals surface area contributed by atoms with Crippen molar-refractivity contribution in [2.75, 3.05) is 6.61 Å². The molecular weight excluding hydrogens is 512 g/mol. The van der Waals surface area contributed by atoms with Gasteiger partial charge < -0.3 is 31.9 Å². The third-order valence-corrected chi connectivity index (χ3v) is 6.43. The van der Waals surface area contributed by atoms with Crippen LogP contribution in [0.15, 0.2) is 78.9 Å². The number of primary amides is 2. The van der Waals surface area contributed by atoms with E-state index in [1.807, 2.05) is 73.7 Å². The second-order valence-corrected chi connectivity index (χ2v) is 9.30. The van der Waals surface area contributed by atoms with Crippen molar-refractivity contribution in [1.82, 2.24) is 10.6 Å². The standard InChI is InChI=1S/C29H30N2O5.CH4N2O/c1-2-10-25(28(33)34)30-27(32)26(17-19-11-4-3-5-12-19)31-29(35)36-18-24-22-15-8-6-13-20(22)21-14-7-9-16-23(21)24;2-1(3)4/h3-9,11-16,24-26H,2,10,17-18H2,1H3,(H,30,32)(H,31,35)(H,33,34);(H4,2,3,4). The fourth-order valence-electron chi connectivity index (χ4n) is 4.66. The molecule has 2 atom stereocenters. The Bertz CT molecular complexity index is 1280. The summed E-state index contributed by atoms with van der Waals surface area (Å²) in [5.74, 6) is -1.77. The number of rotatable bonds is 10. The number of nitrogens with one attached hydrogen (secondary N) is 2. The minimum absolute atomic E-state index is 0.106. The average Bonchev–Trinajstić information content (AvgIpc) is 3.25. The lowest BCUT2D eigenvalue weighted by Gasteiger charge is -2.22. The quantitative estimate of drug-likeness (QED) is 0.260. The number of ether oxygens (including phenoxy) is 1. The molecule has 0 aliphatic heterocycles. The Morgan fingerprint density at radius 2 is 1.35 bits per heavy atom. The van der Waals surface area contributed by atoms with Gasteiger partial charge in [-0.3, -0.25) is 4.79 Å². The van der Waals surface area contributed by atoms with E-state index in [1.54, 1.807) is 0 Å². The van der Waals surface area contributed by atoms with Crippen LogP contribution in [0.3, 0.4) is 0 Å². The summed E-state index contributed by atoms with van der Waals surface area (Å²) in [6.07, 6.45) is 0.370. The average molecular weight is 547 g/mol. The molecule has 0 saturated carbocycles. The van der Waals surface area contributed by atoms with Gasteiger partial charge in [0.05, 0.1) is 0 Å². The highest BCUT2D eigenvalue weighted by atomic mass is 16.5. The third kappa shape index (κ3) is 8.07.